The molecule has 3 aromatic rings. The molecule has 0 fully saturated rings. The van der Waals surface area contributed by atoms with Gasteiger partial charge in [-0.2, -0.15) is 0 Å². The van der Waals surface area contributed by atoms with Crippen LogP contribution in [0.2, 0.25) is 0 Å². The van der Waals surface area contributed by atoms with Gasteiger partial charge >= 0.3 is 0 Å². The first-order chi connectivity index (χ1) is 12.1. The van der Waals surface area contributed by atoms with Crippen molar-refractivity contribution in [2.45, 2.75) is 20.4 Å². The smallest absolute Gasteiger partial charge is 0.255 e. The minimum absolute atomic E-state index is 0.121. The van der Waals surface area contributed by atoms with Crippen molar-refractivity contribution in [3.63, 3.8) is 0 Å². The third-order valence-corrected chi connectivity index (χ3v) is 4.00. The molecule has 0 aliphatic rings. The summed E-state index contributed by atoms with van der Waals surface area (Å²) < 4.78 is 0. The van der Waals surface area contributed by atoms with Crippen LogP contribution in [0.25, 0.3) is 0 Å². The minimum atomic E-state index is -0.121. The van der Waals surface area contributed by atoms with Crippen molar-refractivity contribution in [2.24, 2.45) is 0 Å². The van der Waals surface area contributed by atoms with Gasteiger partial charge in [-0.15, -0.1) is 0 Å². The number of rotatable bonds is 5. The molecule has 0 bridgehead atoms. The number of pyridine rings is 1. The lowest BCUT2D eigenvalue weighted by atomic mass is 10.1. The van der Waals surface area contributed by atoms with E-state index in [-0.39, 0.29) is 5.91 Å². The summed E-state index contributed by atoms with van der Waals surface area (Å²) in [7, 11) is 0. The average Bonchev–Trinajstić information content (AvgIpc) is 2.61. The van der Waals surface area contributed by atoms with Crippen molar-refractivity contribution in [1.29, 1.82) is 0 Å². The Kier molecular flexibility index (Phi) is 5.09. The van der Waals surface area contributed by atoms with Gasteiger partial charge in [-0.25, -0.2) is 0 Å². The van der Waals surface area contributed by atoms with Gasteiger partial charge in [-0.1, -0.05) is 30.3 Å². The van der Waals surface area contributed by atoms with Crippen LogP contribution < -0.4 is 10.6 Å². The summed E-state index contributed by atoms with van der Waals surface area (Å²) in [5.74, 6) is -0.121. The quantitative estimate of drug-likeness (QED) is 0.720. The molecular weight excluding hydrogens is 310 g/mol. The molecular formula is C21H21N3O. The molecule has 0 aliphatic heterocycles. The van der Waals surface area contributed by atoms with E-state index < -0.39 is 0 Å². The van der Waals surface area contributed by atoms with Crippen molar-refractivity contribution >= 4 is 17.3 Å². The predicted octanol–water partition coefficient (Wildman–Crippen LogP) is 4.56. The summed E-state index contributed by atoms with van der Waals surface area (Å²) in [5, 5.41) is 6.31. The van der Waals surface area contributed by atoms with Crippen molar-refractivity contribution < 1.29 is 4.79 Å². The Balaban J connectivity index is 1.61. The summed E-state index contributed by atoms with van der Waals surface area (Å²) in [6, 6.07) is 19.4. The van der Waals surface area contributed by atoms with Crippen molar-refractivity contribution in [1.82, 2.24) is 4.98 Å². The zero-order valence-electron chi connectivity index (χ0n) is 14.4. The van der Waals surface area contributed by atoms with Crippen molar-refractivity contribution in [3.05, 3.63) is 89.2 Å². The lowest BCUT2D eigenvalue weighted by Gasteiger charge is -2.10. The van der Waals surface area contributed by atoms with Gasteiger partial charge in [0, 0.05) is 35.4 Å². The molecule has 0 unspecified atom stereocenters. The van der Waals surface area contributed by atoms with Crippen LogP contribution in [0.4, 0.5) is 11.4 Å². The molecule has 1 amide bonds. The average molecular weight is 331 g/mol. The third-order valence-electron chi connectivity index (χ3n) is 4.00. The maximum Gasteiger partial charge on any atom is 0.255 e. The Hall–Kier alpha value is -3.14. The van der Waals surface area contributed by atoms with E-state index in [0.717, 1.165) is 29.2 Å². The molecule has 4 nitrogen and oxygen atoms in total. The lowest BCUT2D eigenvalue weighted by molar-refractivity contribution is 0.102. The first-order valence-corrected chi connectivity index (χ1v) is 8.24. The molecule has 0 atom stereocenters. The number of para-hydroxylation sites is 1. The zero-order valence-corrected chi connectivity index (χ0v) is 14.4. The number of aryl methyl sites for hydroxylation is 2. The third kappa shape index (κ3) is 4.44. The van der Waals surface area contributed by atoms with Gasteiger partial charge in [0.05, 0.1) is 0 Å². The number of carbonyl (C=O) groups excluding carboxylic acids is 1. The van der Waals surface area contributed by atoms with Gasteiger partial charge in [0.2, 0.25) is 0 Å². The molecule has 0 aliphatic carbocycles. The van der Waals surface area contributed by atoms with E-state index in [1.165, 1.54) is 5.56 Å². The second-order valence-corrected chi connectivity index (χ2v) is 6.01. The second-order valence-electron chi connectivity index (χ2n) is 6.01. The number of aromatic nitrogens is 1. The molecule has 0 saturated carbocycles. The fraction of sp³-hybridized carbons (Fsp3) is 0.143. The molecule has 1 aromatic heterocycles. The van der Waals surface area contributed by atoms with E-state index in [1.807, 2.05) is 49.4 Å². The molecule has 1 heterocycles. The largest absolute Gasteiger partial charge is 0.381 e. The highest BCUT2D eigenvalue weighted by Gasteiger charge is 2.06. The summed E-state index contributed by atoms with van der Waals surface area (Å²) in [4.78, 5) is 16.4. The fourth-order valence-corrected chi connectivity index (χ4v) is 2.57. The van der Waals surface area contributed by atoms with Crippen LogP contribution in [0.3, 0.4) is 0 Å². The summed E-state index contributed by atoms with van der Waals surface area (Å²) in [6.45, 7) is 4.69. The van der Waals surface area contributed by atoms with Crippen LogP contribution in [0.1, 0.15) is 27.2 Å². The number of benzene rings is 2. The van der Waals surface area contributed by atoms with Crippen LogP contribution in [-0.2, 0) is 6.54 Å². The lowest BCUT2D eigenvalue weighted by Crippen LogP contribution is -2.12. The van der Waals surface area contributed by atoms with Crippen LogP contribution in [-0.4, -0.2) is 10.9 Å². The van der Waals surface area contributed by atoms with E-state index in [2.05, 4.69) is 34.7 Å². The number of carbonyl (C=O) groups is 1. The SMILES string of the molecule is Cc1cc(NC(=O)c2ccc(CNc3ccccc3C)cc2)ccn1. The molecule has 4 heteroatoms. The normalized spacial score (nSPS) is 10.3. The highest BCUT2D eigenvalue weighted by atomic mass is 16.1. The number of nitrogens with zero attached hydrogens (tertiary/aromatic N) is 1. The molecule has 2 N–H and O–H groups in total. The van der Waals surface area contributed by atoms with Crippen LogP contribution >= 0.6 is 0 Å². The van der Waals surface area contributed by atoms with Crippen molar-refractivity contribution in [3.8, 4) is 0 Å². The Morgan fingerprint density at radius 2 is 1.76 bits per heavy atom. The highest BCUT2D eigenvalue weighted by molar-refractivity contribution is 6.04. The number of hydrogen-bond donors (Lipinski definition) is 2. The Morgan fingerprint density at radius 3 is 2.48 bits per heavy atom. The maximum atomic E-state index is 12.3. The van der Waals surface area contributed by atoms with E-state index in [0.29, 0.717) is 5.56 Å². The molecule has 0 saturated heterocycles. The summed E-state index contributed by atoms with van der Waals surface area (Å²) in [5.41, 5.74) is 5.72. The topological polar surface area (TPSA) is 54.0 Å². The molecule has 0 spiro atoms. The minimum Gasteiger partial charge on any atom is -0.381 e. The Labute approximate surface area is 147 Å². The first kappa shape index (κ1) is 16.7. The molecule has 25 heavy (non-hydrogen) atoms. The summed E-state index contributed by atoms with van der Waals surface area (Å²) in [6.07, 6.45) is 1.69. The van der Waals surface area contributed by atoms with E-state index in [1.54, 1.807) is 12.3 Å². The molecule has 126 valence electrons. The van der Waals surface area contributed by atoms with E-state index in [4.69, 9.17) is 0 Å². The molecule has 0 radical (unpaired) electrons. The molecule has 2 aromatic carbocycles. The van der Waals surface area contributed by atoms with Crippen LogP contribution in [0, 0.1) is 13.8 Å². The zero-order chi connectivity index (χ0) is 17.6. The first-order valence-electron chi connectivity index (χ1n) is 8.24. The van der Waals surface area contributed by atoms with E-state index >= 15 is 0 Å². The highest BCUT2D eigenvalue weighted by Crippen LogP contribution is 2.15. The Bertz CT molecular complexity index is 872. The van der Waals surface area contributed by atoms with Crippen LogP contribution in [0.15, 0.2) is 66.9 Å². The van der Waals surface area contributed by atoms with E-state index in [9.17, 15) is 4.79 Å². The van der Waals surface area contributed by atoms with Gasteiger partial charge in [-0.05, 0) is 55.3 Å². The Morgan fingerprint density at radius 1 is 1.00 bits per heavy atom. The van der Waals surface area contributed by atoms with Gasteiger partial charge in [-0.3, -0.25) is 9.78 Å². The maximum absolute atomic E-state index is 12.3. The number of anilines is 2. The number of nitrogens with one attached hydrogen (secondary N) is 2. The van der Waals surface area contributed by atoms with Crippen molar-refractivity contribution in [2.75, 3.05) is 10.6 Å². The van der Waals surface area contributed by atoms with Gasteiger partial charge < -0.3 is 10.6 Å². The van der Waals surface area contributed by atoms with Gasteiger partial charge in [0.1, 0.15) is 0 Å². The monoisotopic (exact) mass is 331 g/mol. The van der Waals surface area contributed by atoms with Crippen LogP contribution in [0.5, 0.6) is 0 Å². The van der Waals surface area contributed by atoms with Gasteiger partial charge in [0.15, 0.2) is 0 Å². The summed E-state index contributed by atoms with van der Waals surface area (Å²) >= 11 is 0. The molecule has 3 rings (SSSR count). The number of amides is 1. The van der Waals surface area contributed by atoms with Gasteiger partial charge in [0.25, 0.3) is 5.91 Å². The second kappa shape index (κ2) is 7.62. The predicted molar refractivity (Wildman–Crippen MR) is 102 cm³/mol. The number of hydrogen-bond acceptors (Lipinski definition) is 3. The standard InChI is InChI=1S/C21H21N3O/c1-15-5-3-4-6-20(15)23-14-17-7-9-18(10-8-17)21(25)24-19-11-12-22-16(2)13-19/h3-13,23H,14H2,1-2H3,(H,22,24,25). The fourth-order valence-electron chi connectivity index (χ4n) is 2.57.